The van der Waals surface area contributed by atoms with Crippen molar-refractivity contribution in [3.63, 3.8) is 0 Å². The largest absolute Gasteiger partial charge is 0.305 e. The van der Waals surface area contributed by atoms with Gasteiger partial charge in [0.05, 0.1) is 10.9 Å². The number of nitrogens with zero attached hydrogens (tertiary/aromatic N) is 3. The minimum Gasteiger partial charge on any atom is -0.305 e. The van der Waals surface area contributed by atoms with Gasteiger partial charge in [0.2, 0.25) is 0 Å². The molecule has 2 aromatic carbocycles. The van der Waals surface area contributed by atoms with Crippen LogP contribution >= 0.6 is 0 Å². The normalized spacial score (nSPS) is 11.2. The van der Waals surface area contributed by atoms with Crippen molar-refractivity contribution in [1.82, 2.24) is 14.8 Å². The van der Waals surface area contributed by atoms with Gasteiger partial charge in [-0.2, -0.15) is 5.10 Å². The molecule has 0 unspecified atom stereocenters. The summed E-state index contributed by atoms with van der Waals surface area (Å²) in [6.07, 6.45) is 0.899. The lowest BCUT2D eigenvalue weighted by molar-refractivity contribution is 0.102. The van der Waals surface area contributed by atoms with E-state index in [2.05, 4.69) is 17.3 Å². The smallest absolute Gasteiger partial charge is 0.256 e. The molecule has 0 spiro atoms. The number of hydrogen-bond donors (Lipinski definition) is 1. The van der Waals surface area contributed by atoms with Crippen LogP contribution in [-0.2, 0) is 6.54 Å². The molecule has 0 fully saturated rings. The number of aryl methyl sites for hydroxylation is 1. The molecule has 1 amide bonds. The number of amides is 1. The van der Waals surface area contributed by atoms with Crippen molar-refractivity contribution >= 4 is 33.7 Å². The number of carbonyl (C=O) groups is 1. The van der Waals surface area contributed by atoms with Gasteiger partial charge in [-0.25, -0.2) is 14.1 Å². The first-order valence-electron chi connectivity index (χ1n) is 8.49. The van der Waals surface area contributed by atoms with E-state index in [9.17, 15) is 9.18 Å². The lowest BCUT2D eigenvalue weighted by Crippen LogP contribution is -2.13. The Labute approximate surface area is 149 Å². The predicted molar refractivity (Wildman–Crippen MR) is 99.7 cm³/mol. The molecule has 26 heavy (non-hydrogen) atoms. The number of hydrogen-bond acceptors (Lipinski definition) is 3. The van der Waals surface area contributed by atoms with E-state index in [1.807, 2.05) is 35.0 Å². The Morgan fingerprint density at radius 3 is 2.69 bits per heavy atom. The molecule has 0 bridgehead atoms. The van der Waals surface area contributed by atoms with Crippen LogP contribution in [-0.4, -0.2) is 20.7 Å². The van der Waals surface area contributed by atoms with Crippen molar-refractivity contribution in [3.8, 4) is 0 Å². The van der Waals surface area contributed by atoms with Crippen molar-refractivity contribution < 1.29 is 9.18 Å². The molecule has 2 heterocycles. The van der Waals surface area contributed by atoms with Gasteiger partial charge in [-0.05, 0) is 42.8 Å². The average molecular weight is 348 g/mol. The quantitative estimate of drug-likeness (QED) is 0.595. The number of nitrogens with one attached hydrogen (secondary N) is 1. The summed E-state index contributed by atoms with van der Waals surface area (Å²) in [6.45, 7) is 2.76. The lowest BCUT2D eigenvalue weighted by atomic mass is 10.2. The zero-order chi connectivity index (χ0) is 18.1. The molecule has 0 aliphatic heterocycles. The van der Waals surface area contributed by atoms with Crippen molar-refractivity contribution in [2.24, 2.45) is 0 Å². The Balaban J connectivity index is 1.79. The number of para-hydroxylation sites is 1. The number of aromatic nitrogens is 3. The number of fused-ring (bicyclic) bond motifs is 2. The van der Waals surface area contributed by atoms with Crippen molar-refractivity contribution in [2.45, 2.75) is 19.9 Å². The van der Waals surface area contributed by atoms with E-state index in [0.29, 0.717) is 17.9 Å². The van der Waals surface area contributed by atoms with E-state index in [1.54, 1.807) is 0 Å². The lowest BCUT2D eigenvalue weighted by Gasteiger charge is -2.03. The molecule has 0 atom stereocenters. The fourth-order valence-electron chi connectivity index (χ4n) is 2.94. The highest BCUT2D eigenvalue weighted by atomic mass is 19.1. The van der Waals surface area contributed by atoms with Crippen LogP contribution in [0.3, 0.4) is 0 Å². The Kier molecular flexibility index (Phi) is 4.08. The molecule has 130 valence electrons. The number of halogens is 1. The molecular weight excluding hydrogens is 331 g/mol. The van der Waals surface area contributed by atoms with Gasteiger partial charge in [-0.1, -0.05) is 25.1 Å². The number of anilines is 1. The van der Waals surface area contributed by atoms with Crippen molar-refractivity contribution in [2.75, 3.05) is 5.32 Å². The zero-order valence-electron chi connectivity index (χ0n) is 14.2. The van der Waals surface area contributed by atoms with Crippen LogP contribution in [0.25, 0.3) is 21.9 Å². The van der Waals surface area contributed by atoms with Gasteiger partial charge in [0.1, 0.15) is 5.82 Å². The fraction of sp³-hybridized carbons (Fsp3) is 0.150. The third-order valence-electron chi connectivity index (χ3n) is 4.20. The second-order valence-corrected chi connectivity index (χ2v) is 6.09. The van der Waals surface area contributed by atoms with Crippen molar-refractivity contribution in [1.29, 1.82) is 0 Å². The first kappa shape index (κ1) is 16.2. The van der Waals surface area contributed by atoms with E-state index in [1.165, 1.54) is 24.3 Å². The van der Waals surface area contributed by atoms with Crippen LogP contribution < -0.4 is 5.32 Å². The molecular formula is C20H17FN4O. The molecule has 4 aromatic rings. The standard InChI is InChI=1S/C20H17FN4O/c1-2-11-25-19-16(12-14-5-3-4-6-17(14)22-19)18(24-25)23-20(26)13-7-9-15(21)10-8-13/h3-10,12H,2,11H2,1H3,(H,23,24,26). The third kappa shape index (κ3) is 2.90. The summed E-state index contributed by atoms with van der Waals surface area (Å²) in [4.78, 5) is 17.2. The predicted octanol–water partition coefficient (Wildman–Crippen LogP) is 4.39. The topological polar surface area (TPSA) is 59.8 Å². The third-order valence-corrected chi connectivity index (χ3v) is 4.20. The highest BCUT2D eigenvalue weighted by Crippen LogP contribution is 2.26. The minimum atomic E-state index is -0.380. The van der Waals surface area contributed by atoms with Gasteiger partial charge in [0.15, 0.2) is 11.5 Å². The monoisotopic (exact) mass is 348 g/mol. The molecule has 5 nitrogen and oxygen atoms in total. The highest BCUT2D eigenvalue weighted by Gasteiger charge is 2.16. The Morgan fingerprint density at radius 1 is 1.15 bits per heavy atom. The summed E-state index contributed by atoms with van der Waals surface area (Å²) in [7, 11) is 0. The highest BCUT2D eigenvalue weighted by molar-refractivity contribution is 6.08. The maximum absolute atomic E-state index is 13.1. The maximum Gasteiger partial charge on any atom is 0.256 e. The van der Waals surface area contributed by atoms with Gasteiger partial charge >= 0.3 is 0 Å². The molecule has 0 aliphatic carbocycles. The summed E-state index contributed by atoms with van der Waals surface area (Å²) < 4.78 is 14.9. The molecule has 1 N–H and O–H groups in total. The van der Waals surface area contributed by atoms with Crippen LogP contribution in [0.1, 0.15) is 23.7 Å². The van der Waals surface area contributed by atoms with Gasteiger partial charge < -0.3 is 5.32 Å². The summed E-state index contributed by atoms with van der Waals surface area (Å²) in [5.74, 6) is -0.253. The minimum absolute atomic E-state index is 0.332. The first-order valence-corrected chi connectivity index (χ1v) is 8.49. The average Bonchev–Trinajstić information content (AvgIpc) is 2.97. The van der Waals surface area contributed by atoms with E-state index in [-0.39, 0.29) is 11.7 Å². The fourth-order valence-corrected chi connectivity index (χ4v) is 2.94. The van der Waals surface area contributed by atoms with Gasteiger partial charge in [0.25, 0.3) is 5.91 Å². The van der Waals surface area contributed by atoms with Crippen LogP contribution in [0.4, 0.5) is 10.2 Å². The SMILES string of the molecule is CCCn1nc(NC(=O)c2ccc(F)cc2)c2cc3ccccc3nc21. The van der Waals surface area contributed by atoms with Crippen LogP contribution in [0, 0.1) is 5.82 Å². The van der Waals surface area contributed by atoms with Crippen LogP contribution in [0.15, 0.2) is 54.6 Å². The summed E-state index contributed by atoms with van der Waals surface area (Å²) in [6, 6.07) is 15.2. The van der Waals surface area contributed by atoms with Gasteiger partial charge in [0, 0.05) is 17.5 Å². The molecule has 6 heteroatoms. The van der Waals surface area contributed by atoms with E-state index in [0.717, 1.165) is 28.4 Å². The Hall–Kier alpha value is -3.28. The molecule has 2 aromatic heterocycles. The number of benzene rings is 2. The Morgan fingerprint density at radius 2 is 1.92 bits per heavy atom. The second-order valence-electron chi connectivity index (χ2n) is 6.09. The van der Waals surface area contributed by atoms with Crippen molar-refractivity contribution in [3.05, 3.63) is 66.0 Å². The van der Waals surface area contributed by atoms with E-state index < -0.39 is 0 Å². The van der Waals surface area contributed by atoms with Crippen LogP contribution in [0.2, 0.25) is 0 Å². The van der Waals surface area contributed by atoms with E-state index >= 15 is 0 Å². The molecule has 0 saturated carbocycles. The first-order chi connectivity index (χ1) is 12.7. The van der Waals surface area contributed by atoms with E-state index in [4.69, 9.17) is 4.98 Å². The molecule has 0 aliphatic rings. The molecule has 0 saturated heterocycles. The zero-order valence-corrected chi connectivity index (χ0v) is 14.2. The molecule has 0 radical (unpaired) electrons. The Bertz CT molecular complexity index is 1100. The number of rotatable bonds is 4. The summed E-state index contributed by atoms with van der Waals surface area (Å²) in [5.41, 5.74) is 1.99. The van der Waals surface area contributed by atoms with Gasteiger partial charge in [-0.15, -0.1) is 0 Å². The number of pyridine rings is 1. The summed E-state index contributed by atoms with van der Waals surface area (Å²) in [5, 5.41) is 9.13. The summed E-state index contributed by atoms with van der Waals surface area (Å²) >= 11 is 0. The molecule has 4 rings (SSSR count). The maximum atomic E-state index is 13.1. The number of carbonyl (C=O) groups excluding carboxylic acids is 1. The van der Waals surface area contributed by atoms with Gasteiger partial charge in [-0.3, -0.25) is 4.79 Å². The second kappa shape index (κ2) is 6.55. The van der Waals surface area contributed by atoms with Crippen LogP contribution in [0.5, 0.6) is 0 Å².